The second-order valence-corrected chi connectivity index (χ2v) is 7.13. The Morgan fingerprint density at radius 1 is 1.10 bits per heavy atom. The van der Waals surface area contributed by atoms with E-state index >= 15 is 0 Å². The fourth-order valence-corrected chi connectivity index (χ4v) is 3.18. The topological polar surface area (TPSA) is 71.8 Å². The predicted octanol–water partition coefficient (Wildman–Crippen LogP) is 4.77. The molecule has 3 rings (SSSR count). The molecular formula is C23H26N2O4. The fourth-order valence-electron chi connectivity index (χ4n) is 3.18. The van der Waals surface area contributed by atoms with Crippen LogP contribution >= 0.6 is 0 Å². The molecule has 0 unspecified atom stereocenters. The number of rotatable bonds is 7. The summed E-state index contributed by atoms with van der Waals surface area (Å²) in [5.41, 5.74) is 2.65. The standard InChI is InChI=1S/C23H26N2O4/c1-4-28-23(27)24-19-10-11-20-18(12-22(26)29-21(20)13-19)15-25(16(2)3)14-17-8-6-5-7-9-17/h5-13,16H,4,14-15H2,1-3H3,(H,24,27). The van der Waals surface area contributed by atoms with Gasteiger partial charge in [-0.3, -0.25) is 10.2 Å². The minimum Gasteiger partial charge on any atom is -0.450 e. The van der Waals surface area contributed by atoms with Crippen molar-refractivity contribution < 1.29 is 13.9 Å². The first-order valence-corrected chi connectivity index (χ1v) is 9.74. The van der Waals surface area contributed by atoms with Gasteiger partial charge in [-0.1, -0.05) is 30.3 Å². The summed E-state index contributed by atoms with van der Waals surface area (Å²) in [7, 11) is 0. The quantitative estimate of drug-likeness (QED) is 0.584. The number of benzene rings is 2. The highest BCUT2D eigenvalue weighted by molar-refractivity contribution is 5.89. The van der Waals surface area contributed by atoms with Gasteiger partial charge in [0.25, 0.3) is 0 Å². The Morgan fingerprint density at radius 3 is 2.55 bits per heavy atom. The van der Waals surface area contributed by atoms with Crippen LogP contribution in [-0.2, 0) is 17.8 Å². The van der Waals surface area contributed by atoms with Crippen molar-refractivity contribution in [2.45, 2.75) is 39.9 Å². The first-order valence-electron chi connectivity index (χ1n) is 9.74. The van der Waals surface area contributed by atoms with E-state index in [1.165, 1.54) is 5.56 Å². The van der Waals surface area contributed by atoms with Gasteiger partial charge in [-0.15, -0.1) is 0 Å². The molecule has 0 saturated carbocycles. The van der Waals surface area contributed by atoms with E-state index in [2.05, 4.69) is 36.2 Å². The maximum absolute atomic E-state index is 12.2. The summed E-state index contributed by atoms with van der Waals surface area (Å²) in [5, 5.41) is 3.48. The van der Waals surface area contributed by atoms with Gasteiger partial charge < -0.3 is 9.15 Å². The number of amides is 1. The van der Waals surface area contributed by atoms with Crippen molar-refractivity contribution in [2.75, 3.05) is 11.9 Å². The Balaban J connectivity index is 1.89. The van der Waals surface area contributed by atoms with Crippen molar-refractivity contribution >= 4 is 22.7 Å². The smallest absolute Gasteiger partial charge is 0.411 e. The lowest BCUT2D eigenvalue weighted by Gasteiger charge is -2.27. The van der Waals surface area contributed by atoms with E-state index in [0.29, 0.717) is 23.9 Å². The molecule has 1 N–H and O–H groups in total. The Bertz CT molecular complexity index is 1030. The van der Waals surface area contributed by atoms with Crippen LogP contribution < -0.4 is 10.9 Å². The summed E-state index contributed by atoms with van der Waals surface area (Å²) in [6, 6.07) is 17.4. The first kappa shape index (κ1) is 20.6. The fraction of sp³-hybridized carbons (Fsp3) is 0.304. The maximum atomic E-state index is 12.2. The average Bonchev–Trinajstić information content (AvgIpc) is 2.68. The third kappa shape index (κ3) is 5.45. The molecule has 3 aromatic rings. The van der Waals surface area contributed by atoms with E-state index in [1.807, 2.05) is 24.3 Å². The zero-order valence-electron chi connectivity index (χ0n) is 17.0. The minimum absolute atomic E-state index is 0.283. The lowest BCUT2D eigenvalue weighted by Crippen LogP contribution is -2.30. The number of hydrogen-bond acceptors (Lipinski definition) is 5. The molecule has 29 heavy (non-hydrogen) atoms. The zero-order chi connectivity index (χ0) is 20.8. The van der Waals surface area contributed by atoms with Crippen molar-refractivity contribution in [2.24, 2.45) is 0 Å². The van der Waals surface area contributed by atoms with Crippen molar-refractivity contribution in [3.8, 4) is 0 Å². The van der Waals surface area contributed by atoms with E-state index in [0.717, 1.165) is 17.5 Å². The number of nitrogens with one attached hydrogen (secondary N) is 1. The number of nitrogens with zero attached hydrogens (tertiary/aromatic N) is 1. The molecule has 0 aliphatic heterocycles. The molecular weight excluding hydrogens is 368 g/mol. The predicted molar refractivity (Wildman–Crippen MR) is 114 cm³/mol. The van der Waals surface area contributed by atoms with Gasteiger partial charge in [0.1, 0.15) is 5.58 Å². The molecule has 1 heterocycles. The lowest BCUT2D eigenvalue weighted by molar-refractivity contribution is 0.168. The van der Waals surface area contributed by atoms with Crippen molar-refractivity contribution in [1.29, 1.82) is 0 Å². The molecule has 0 saturated heterocycles. The van der Waals surface area contributed by atoms with Crippen LogP contribution in [0.4, 0.5) is 10.5 Å². The number of hydrogen-bond donors (Lipinski definition) is 1. The summed E-state index contributed by atoms with van der Waals surface area (Å²) >= 11 is 0. The van der Waals surface area contributed by atoms with Gasteiger partial charge in [0.15, 0.2) is 0 Å². The molecule has 152 valence electrons. The monoisotopic (exact) mass is 394 g/mol. The van der Waals surface area contributed by atoms with Crippen LogP contribution in [-0.4, -0.2) is 23.6 Å². The summed E-state index contributed by atoms with van der Waals surface area (Å²) < 4.78 is 10.3. The van der Waals surface area contributed by atoms with E-state index < -0.39 is 11.7 Å². The molecule has 0 spiro atoms. The average molecular weight is 394 g/mol. The Morgan fingerprint density at radius 2 is 1.86 bits per heavy atom. The molecule has 0 fully saturated rings. The van der Waals surface area contributed by atoms with Crippen LogP contribution in [0.2, 0.25) is 0 Å². The Kier molecular flexibility index (Phi) is 6.67. The van der Waals surface area contributed by atoms with Crippen LogP contribution in [0.3, 0.4) is 0 Å². The van der Waals surface area contributed by atoms with Gasteiger partial charge in [0.05, 0.1) is 6.61 Å². The third-order valence-corrected chi connectivity index (χ3v) is 4.68. The van der Waals surface area contributed by atoms with Gasteiger partial charge in [0, 0.05) is 42.3 Å². The molecule has 0 aliphatic carbocycles. The molecule has 0 atom stereocenters. The molecule has 1 amide bonds. The Hall–Kier alpha value is -3.12. The number of fused-ring (bicyclic) bond motifs is 1. The second-order valence-electron chi connectivity index (χ2n) is 7.13. The molecule has 6 heteroatoms. The summed E-state index contributed by atoms with van der Waals surface area (Å²) in [6.07, 6.45) is -0.542. The molecule has 6 nitrogen and oxygen atoms in total. The highest BCUT2D eigenvalue weighted by atomic mass is 16.5. The van der Waals surface area contributed by atoms with Gasteiger partial charge in [0.2, 0.25) is 0 Å². The first-order chi connectivity index (χ1) is 14.0. The number of ether oxygens (including phenoxy) is 1. The molecule has 0 aliphatic rings. The van der Waals surface area contributed by atoms with Crippen molar-refractivity contribution in [3.05, 3.63) is 76.1 Å². The van der Waals surface area contributed by atoms with E-state index in [9.17, 15) is 9.59 Å². The summed E-state index contributed by atoms with van der Waals surface area (Å²) in [6.45, 7) is 7.68. The van der Waals surface area contributed by atoms with Crippen LogP contribution in [0.25, 0.3) is 11.0 Å². The lowest BCUT2D eigenvalue weighted by atomic mass is 10.1. The Labute approximate surface area is 170 Å². The van der Waals surface area contributed by atoms with Crippen molar-refractivity contribution in [3.63, 3.8) is 0 Å². The van der Waals surface area contributed by atoms with Crippen LogP contribution in [0.15, 0.2) is 63.8 Å². The maximum Gasteiger partial charge on any atom is 0.411 e. The normalized spacial score (nSPS) is 11.2. The van der Waals surface area contributed by atoms with Crippen LogP contribution in [0, 0.1) is 0 Å². The second kappa shape index (κ2) is 9.39. The largest absolute Gasteiger partial charge is 0.450 e. The van der Waals surface area contributed by atoms with Gasteiger partial charge in [-0.2, -0.15) is 0 Å². The molecule has 0 bridgehead atoms. The van der Waals surface area contributed by atoms with Gasteiger partial charge >= 0.3 is 11.7 Å². The number of carbonyl (C=O) groups is 1. The summed E-state index contributed by atoms with van der Waals surface area (Å²) in [5.74, 6) is 0. The highest BCUT2D eigenvalue weighted by Crippen LogP contribution is 2.24. The van der Waals surface area contributed by atoms with E-state index in [4.69, 9.17) is 9.15 Å². The molecule has 2 aromatic carbocycles. The number of anilines is 1. The number of carbonyl (C=O) groups excluding carboxylic acids is 1. The van der Waals surface area contributed by atoms with E-state index in [-0.39, 0.29) is 6.61 Å². The SMILES string of the molecule is CCOC(=O)Nc1ccc2c(CN(Cc3ccccc3)C(C)C)cc(=O)oc2c1. The van der Waals surface area contributed by atoms with Gasteiger partial charge in [-0.25, -0.2) is 9.59 Å². The molecule has 1 aromatic heterocycles. The van der Waals surface area contributed by atoms with Crippen molar-refractivity contribution in [1.82, 2.24) is 4.90 Å². The minimum atomic E-state index is -0.542. The highest BCUT2D eigenvalue weighted by Gasteiger charge is 2.15. The van der Waals surface area contributed by atoms with E-state index in [1.54, 1.807) is 25.1 Å². The van der Waals surface area contributed by atoms with Crippen LogP contribution in [0.5, 0.6) is 0 Å². The zero-order valence-corrected chi connectivity index (χ0v) is 17.0. The summed E-state index contributed by atoms with van der Waals surface area (Å²) in [4.78, 5) is 26.1. The van der Waals surface area contributed by atoms with Crippen LogP contribution in [0.1, 0.15) is 31.9 Å². The molecule has 0 radical (unpaired) electrons. The van der Waals surface area contributed by atoms with Gasteiger partial charge in [-0.05, 0) is 44.0 Å². The third-order valence-electron chi connectivity index (χ3n) is 4.68.